The largest absolute Gasteiger partial charge is 0.393 e. The SMILES string of the molecule is CNc1cc(-c2cn(C3CC(O)C3)c3ncccc23)nc2c(C(=O)N[C@H]3CCC3(F)F)cnn12. The van der Waals surface area contributed by atoms with Gasteiger partial charge in [0.05, 0.1) is 24.0 Å². The van der Waals surface area contributed by atoms with Crippen LogP contribution in [0.3, 0.4) is 0 Å². The molecule has 0 bridgehead atoms. The number of pyridine rings is 1. The van der Waals surface area contributed by atoms with Crippen molar-refractivity contribution in [1.29, 1.82) is 0 Å². The molecule has 6 rings (SSSR count). The first-order valence-electron chi connectivity index (χ1n) is 11.2. The summed E-state index contributed by atoms with van der Waals surface area (Å²) in [7, 11) is 1.73. The number of halogens is 2. The summed E-state index contributed by atoms with van der Waals surface area (Å²) in [5.41, 5.74) is 2.61. The Morgan fingerprint density at radius 1 is 1.29 bits per heavy atom. The fraction of sp³-hybridized carbons (Fsp3) is 0.391. The van der Waals surface area contributed by atoms with E-state index < -0.39 is 17.9 Å². The molecule has 9 nitrogen and oxygen atoms in total. The average Bonchev–Trinajstić information content (AvgIpc) is 3.41. The van der Waals surface area contributed by atoms with Gasteiger partial charge in [-0.3, -0.25) is 4.79 Å². The predicted molar refractivity (Wildman–Crippen MR) is 121 cm³/mol. The molecule has 0 aliphatic heterocycles. The highest BCUT2D eigenvalue weighted by Crippen LogP contribution is 2.39. The second-order valence-electron chi connectivity index (χ2n) is 9.00. The van der Waals surface area contributed by atoms with E-state index in [4.69, 9.17) is 4.98 Å². The first-order chi connectivity index (χ1) is 16.4. The number of hydrogen-bond acceptors (Lipinski definition) is 6. The monoisotopic (exact) mass is 467 g/mol. The highest BCUT2D eigenvalue weighted by atomic mass is 19.3. The Morgan fingerprint density at radius 2 is 2.12 bits per heavy atom. The Bertz CT molecular complexity index is 1420. The standard InChI is InChI=1S/C23H23F2N7O2/c1-26-19-9-17(16-11-31(12-7-13(33)8-12)20-14(16)3-2-6-27-20)29-21-15(10-28-32(19)21)22(34)30-18-4-5-23(18,24)25/h2-3,6,9-13,18,26,33H,4-5,7-8H2,1H3,(H,30,34)/t12?,13?,18-/m0/s1. The van der Waals surface area contributed by atoms with E-state index in [0.29, 0.717) is 24.4 Å². The molecule has 2 aliphatic rings. The molecule has 0 unspecified atom stereocenters. The molecule has 2 aliphatic carbocycles. The molecule has 0 aromatic carbocycles. The number of hydrogen-bond donors (Lipinski definition) is 3. The van der Waals surface area contributed by atoms with E-state index in [-0.39, 0.29) is 36.2 Å². The molecule has 0 saturated heterocycles. The van der Waals surface area contributed by atoms with E-state index in [9.17, 15) is 18.7 Å². The van der Waals surface area contributed by atoms with Gasteiger partial charge < -0.3 is 20.3 Å². The van der Waals surface area contributed by atoms with Crippen molar-refractivity contribution in [1.82, 2.24) is 29.5 Å². The molecule has 11 heteroatoms. The van der Waals surface area contributed by atoms with Gasteiger partial charge in [-0.15, -0.1) is 0 Å². The van der Waals surface area contributed by atoms with Crippen molar-refractivity contribution < 1.29 is 18.7 Å². The maximum Gasteiger partial charge on any atom is 0.267 e. The summed E-state index contributed by atoms with van der Waals surface area (Å²) in [6, 6.07) is 4.60. The first-order valence-corrected chi connectivity index (χ1v) is 11.2. The van der Waals surface area contributed by atoms with Crippen molar-refractivity contribution in [2.45, 2.75) is 49.8 Å². The van der Waals surface area contributed by atoms with Crippen LogP contribution in [0.25, 0.3) is 27.9 Å². The normalized spacial score (nSPS) is 23.5. The summed E-state index contributed by atoms with van der Waals surface area (Å²) in [6.07, 6.45) is 6.06. The van der Waals surface area contributed by atoms with Crippen LogP contribution in [0.2, 0.25) is 0 Å². The van der Waals surface area contributed by atoms with Crippen molar-refractivity contribution in [2.24, 2.45) is 0 Å². The topological polar surface area (TPSA) is 109 Å². The lowest BCUT2D eigenvalue weighted by Gasteiger charge is -2.36. The zero-order valence-electron chi connectivity index (χ0n) is 18.4. The Morgan fingerprint density at radius 3 is 2.79 bits per heavy atom. The van der Waals surface area contributed by atoms with Gasteiger partial charge >= 0.3 is 0 Å². The first kappa shape index (κ1) is 21.0. The number of anilines is 1. The van der Waals surface area contributed by atoms with Crippen molar-refractivity contribution in [3.8, 4) is 11.3 Å². The molecule has 2 saturated carbocycles. The number of nitrogens with one attached hydrogen (secondary N) is 2. The number of nitrogens with zero attached hydrogens (tertiary/aromatic N) is 5. The summed E-state index contributed by atoms with van der Waals surface area (Å²) in [5.74, 6) is -2.92. The lowest BCUT2D eigenvalue weighted by Crippen LogP contribution is -2.55. The highest BCUT2D eigenvalue weighted by molar-refractivity contribution is 6.01. The van der Waals surface area contributed by atoms with Gasteiger partial charge in [-0.1, -0.05) is 0 Å². The number of aliphatic hydroxyl groups excluding tert-OH is 1. The van der Waals surface area contributed by atoms with Gasteiger partial charge in [-0.2, -0.15) is 9.61 Å². The number of amides is 1. The van der Waals surface area contributed by atoms with E-state index >= 15 is 0 Å². The second-order valence-corrected chi connectivity index (χ2v) is 9.00. The van der Waals surface area contributed by atoms with Crippen LogP contribution >= 0.6 is 0 Å². The molecule has 4 aromatic rings. The van der Waals surface area contributed by atoms with Gasteiger partial charge in [0.25, 0.3) is 11.8 Å². The van der Waals surface area contributed by atoms with Crippen LogP contribution in [-0.2, 0) is 0 Å². The second kappa shape index (κ2) is 7.45. The van der Waals surface area contributed by atoms with Crippen molar-refractivity contribution >= 4 is 28.4 Å². The molecule has 2 fully saturated rings. The number of aromatic nitrogens is 5. The summed E-state index contributed by atoms with van der Waals surface area (Å²) in [6.45, 7) is 0. The van der Waals surface area contributed by atoms with Gasteiger partial charge in [0, 0.05) is 48.9 Å². The third kappa shape index (κ3) is 3.14. The van der Waals surface area contributed by atoms with Crippen LogP contribution < -0.4 is 10.6 Å². The minimum Gasteiger partial charge on any atom is -0.393 e. The van der Waals surface area contributed by atoms with E-state index in [1.54, 1.807) is 13.2 Å². The molecule has 1 atom stereocenters. The average molecular weight is 467 g/mol. The predicted octanol–water partition coefficient (Wildman–Crippen LogP) is 3.01. The highest BCUT2D eigenvalue weighted by Gasteiger charge is 2.49. The molecule has 176 valence electrons. The summed E-state index contributed by atoms with van der Waals surface area (Å²) < 4.78 is 31.0. The van der Waals surface area contributed by atoms with Crippen molar-refractivity contribution in [3.63, 3.8) is 0 Å². The molecular formula is C23H23F2N7O2. The number of aliphatic hydroxyl groups is 1. The number of carbonyl (C=O) groups excluding carboxylic acids is 1. The van der Waals surface area contributed by atoms with Gasteiger partial charge in [0.15, 0.2) is 5.65 Å². The van der Waals surface area contributed by atoms with Crippen LogP contribution in [0.5, 0.6) is 0 Å². The van der Waals surface area contributed by atoms with Gasteiger partial charge in [-0.05, 0) is 31.4 Å². The lowest BCUT2D eigenvalue weighted by molar-refractivity contribution is -0.102. The summed E-state index contributed by atoms with van der Waals surface area (Å²) in [4.78, 5) is 22.1. The van der Waals surface area contributed by atoms with Crippen LogP contribution in [0, 0.1) is 0 Å². The van der Waals surface area contributed by atoms with Gasteiger partial charge in [0.2, 0.25) is 0 Å². The fourth-order valence-corrected chi connectivity index (χ4v) is 4.71. The molecular weight excluding hydrogens is 444 g/mol. The Kier molecular flexibility index (Phi) is 4.60. The van der Waals surface area contributed by atoms with Crippen molar-refractivity contribution in [3.05, 3.63) is 42.4 Å². The Balaban J connectivity index is 1.45. The molecule has 0 spiro atoms. The maximum atomic E-state index is 13.7. The Hall–Kier alpha value is -3.60. The number of carbonyl (C=O) groups is 1. The fourth-order valence-electron chi connectivity index (χ4n) is 4.71. The van der Waals surface area contributed by atoms with E-state index in [0.717, 1.165) is 16.6 Å². The van der Waals surface area contributed by atoms with Gasteiger partial charge in [-0.25, -0.2) is 18.7 Å². The summed E-state index contributed by atoms with van der Waals surface area (Å²) >= 11 is 0. The number of rotatable bonds is 5. The molecule has 3 N–H and O–H groups in total. The Labute approximate surface area is 192 Å². The van der Waals surface area contributed by atoms with Crippen LogP contribution in [0.1, 0.15) is 42.1 Å². The zero-order valence-corrected chi connectivity index (χ0v) is 18.4. The minimum atomic E-state index is -2.89. The van der Waals surface area contributed by atoms with Crippen LogP contribution in [-0.4, -0.2) is 60.3 Å². The minimum absolute atomic E-state index is 0.130. The zero-order chi connectivity index (χ0) is 23.6. The number of fused-ring (bicyclic) bond motifs is 2. The summed E-state index contributed by atoms with van der Waals surface area (Å²) in [5, 5.41) is 20.4. The molecule has 1 amide bonds. The molecule has 34 heavy (non-hydrogen) atoms. The van der Waals surface area contributed by atoms with Crippen LogP contribution in [0.15, 0.2) is 36.8 Å². The number of alkyl halides is 2. The smallest absolute Gasteiger partial charge is 0.267 e. The van der Waals surface area contributed by atoms with E-state index in [1.807, 2.05) is 24.4 Å². The van der Waals surface area contributed by atoms with Crippen LogP contribution in [0.4, 0.5) is 14.6 Å². The molecule has 4 heterocycles. The van der Waals surface area contributed by atoms with E-state index in [2.05, 4.69) is 25.3 Å². The molecule has 4 aromatic heterocycles. The van der Waals surface area contributed by atoms with Gasteiger partial charge in [0.1, 0.15) is 17.0 Å². The lowest BCUT2D eigenvalue weighted by atomic mass is 9.88. The van der Waals surface area contributed by atoms with Crippen molar-refractivity contribution in [2.75, 3.05) is 12.4 Å². The van der Waals surface area contributed by atoms with E-state index in [1.165, 1.54) is 10.7 Å². The maximum absolute atomic E-state index is 13.7. The third-order valence-electron chi connectivity index (χ3n) is 6.90. The third-order valence-corrected chi connectivity index (χ3v) is 6.90. The molecule has 0 radical (unpaired) electrons. The quantitative estimate of drug-likeness (QED) is 0.416.